The van der Waals surface area contributed by atoms with Gasteiger partial charge in [0.2, 0.25) is 0 Å². The van der Waals surface area contributed by atoms with Crippen molar-refractivity contribution < 1.29 is 19.1 Å². The lowest BCUT2D eigenvalue weighted by molar-refractivity contribution is 0.0602. The number of carbonyl (C=O) groups is 2. The van der Waals surface area contributed by atoms with E-state index in [2.05, 4.69) is 10.1 Å². The average Bonchev–Trinajstić information content (AvgIpc) is 2.29. The molecule has 0 spiro atoms. The number of hydrogen-bond acceptors (Lipinski definition) is 4. The van der Waals surface area contributed by atoms with Gasteiger partial charge < -0.3 is 9.47 Å². The van der Waals surface area contributed by atoms with Gasteiger partial charge in [-0.25, -0.2) is 9.59 Å². The molecule has 0 unspecified atom stereocenters. The second-order valence-corrected chi connectivity index (χ2v) is 4.20. The molecule has 5 nitrogen and oxygen atoms in total. The van der Waals surface area contributed by atoms with Crippen molar-refractivity contribution in [2.75, 3.05) is 12.4 Å². The molecule has 0 aliphatic carbocycles. The second-order valence-electron chi connectivity index (χ2n) is 3.76. The van der Waals surface area contributed by atoms with Crippen LogP contribution in [0.25, 0.3) is 0 Å². The molecular weight excluding hydrogens is 258 g/mol. The number of ether oxygens (including phenoxy) is 2. The summed E-state index contributed by atoms with van der Waals surface area (Å²) in [5.41, 5.74) is 0.461. The first kappa shape index (κ1) is 14.3. The lowest BCUT2D eigenvalue weighted by Crippen LogP contribution is -2.19. The smallest absolute Gasteiger partial charge is 0.411 e. The van der Waals surface area contributed by atoms with Gasteiger partial charge in [0.15, 0.2) is 0 Å². The van der Waals surface area contributed by atoms with Gasteiger partial charge in [-0.2, -0.15) is 0 Å². The summed E-state index contributed by atoms with van der Waals surface area (Å²) in [6.45, 7) is 3.45. The summed E-state index contributed by atoms with van der Waals surface area (Å²) in [7, 11) is 1.25. The van der Waals surface area contributed by atoms with Crippen LogP contribution in [-0.2, 0) is 9.47 Å². The highest BCUT2D eigenvalue weighted by atomic mass is 35.5. The number of rotatable bonds is 3. The maximum Gasteiger partial charge on any atom is 0.411 e. The molecule has 0 atom stereocenters. The molecule has 1 amide bonds. The van der Waals surface area contributed by atoms with Crippen LogP contribution >= 0.6 is 11.6 Å². The van der Waals surface area contributed by atoms with E-state index in [1.54, 1.807) is 19.9 Å². The van der Waals surface area contributed by atoms with E-state index in [9.17, 15) is 9.59 Å². The summed E-state index contributed by atoms with van der Waals surface area (Å²) in [6.07, 6.45) is -0.892. The molecule has 0 saturated heterocycles. The molecule has 0 heterocycles. The van der Waals surface area contributed by atoms with E-state index in [1.807, 2.05) is 0 Å². The van der Waals surface area contributed by atoms with E-state index in [4.69, 9.17) is 16.3 Å². The molecule has 1 aromatic rings. The van der Waals surface area contributed by atoms with Gasteiger partial charge in [-0.05, 0) is 32.0 Å². The van der Waals surface area contributed by atoms with Crippen LogP contribution in [0.1, 0.15) is 24.2 Å². The number of halogens is 1. The fraction of sp³-hybridized carbons (Fsp3) is 0.333. The van der Waals surface area contributed by atoms with Crippen LogP contribution in [0.4, 0.5) is 10.5 Å². The van der Waals surface area contributed by atoms with Crippen LogP contribution in [0, 0.1) is 0 Å². The third-order valence-electron chi connectivity index (χ3n) is 1.97. The summed E-state index contributed by atoms with van der Waals surface area (Å²) >= 11 is 5.79. The zero-order valence-electron chi connectivity index (χ0n) is 10.3. The van der Waals surface area contributed by atoms with Gasteiger partial charge in [0.25, 0.3) is 0 Å². The van der Waals surface area contributed by atoms with Gasteiger partial charge in [0.05, 0.1) is 24.5 Å². The van der Waals surface area contributed by atoms with Gasteiger partial charge in [-0.3, -0.25) is 5.32 Å². The van der Waals surface area contributed by atoms with E-state index in [-0.39, 0.29) is 17.4 Å². The number of methoxy groups -OCH3 is 1. The number of benzene rings is 1. The highest BCUT2D eigenvalue weighted by Gasteiger charge is 2.15. The van der Waals surface area contributed by atoms with Crippen molar-refractivity contribution in [1.82, 2.24) is 0 Å². The van der Waals surface area contributed by atoms with Crippen LogP contribution in [0.3, 0.4) is 0 Å². The molecule has 0 aliphatic heterocycles. The third-order valence-corrected chi connectivity index (χ3v) is 2.20. The normalized spacial score (nSPS) is 10.1. The van der Waals surface area contributed by atoms with Gasteiger partial charge in [-0.1, -0.05) is 11.6 Å². The monoisotopic (exact) mass is 271 g/mol. The molecule has 6 heteroatoms. The molecule has 1 rings (SSSR count). The number of carbonyl (C=O) groups excluding carboxylic acids is 2. The van der Waals surface area contributed by atoms with Crippen molar-refractivity contribution in [3.63, 3.8) is 0 Å². The Morgan fingerprint density at radius 3 is 2.56 bits per heavy atom. The molecule has 0 radical (unpaired) electrons. The molecule has 0 fully saturated rings. The predicted molar refractivity (Wildman–Crippen MR) is 68.0 cm³/mol. The lowest BCUT2D eigenvalue weighted by Gasteiger charge is -2.12. The Hall–Kier alpha value is -1.75. The van der Waals surface area contributed by atoms with Crippen molar-refractivity contribution in [3.05, 3.63) is 28.8 Å². The van der Waals surface area contributed by atoms with Gasteiger partial charge >= 0.3 is 12.1 Å². The van der Waals surface area contributed by atoms with Gasteiger partial charge in [0.1, 0.15) is 0 Å². The molecular formula is C12H14ClNO4. The Labute approximate surface area is 110 Å². The number of hydrogen-bond donors (Lipinski definition) is 1. The Balaban J connectivity index is 2.94. The molecule has 0 aliphatic rings. The summed E-state index contributed by atoms with van der Waals surface area (Å²) in [4.78, 5) is 23.0. The van der Waals surface area contributed by atoms with Crippen LogP contribution in [0.2, 0.25) is 5.02 Å². The minimum atomic E-state index is -0.641. The van der Waals surface area contributed by atoms with E-state index in [0.29, 0.717) is 5.02 Å². The van der Waals surface area contributed by atoms with E-state index < -0.39 is 12.1 Å². The minimum absolute atomic E-state index is 0.172. The summed E-state index contributed by atoms with van der Waals surface area (Å²) < 4.78 is 9.52. The molecule has 18 heavy (non-hydrogen) atoms. The second kappa shape index (κ2) is 6.26. The van der Waals surface area contributed by atoms with Crippen molar-refractivity contribution in [1.29, 1.82) is 0 Å². The van der Waals surface area contributed by atoms with Crippen LogP contribution < -0.4 is 5.32 Å². The summed E-state index contributed by atoms with van der Waals surface area (Å²) in [5.74, 6) is -0.586. The molecule has 1 aromatic carbocycles. The molecule has 0 saturated carbocycles. The molecule has 1 N–H and O–H groups in total. The van der Waals surface area contributed by atoms with Gasteiger partial charge in [0, 0.05) is 5.02 Å². The number of amides is 1. The summed E-state index contributed by atoms with van der Waals surface area (Å²) in [6, 6.07) is 4.48. The molecule has 98 valence electrons. The van der Waals surface area contributed by atoms with Crippen LogP contribution in [0.5, 0.6) is 0 Å². The first-order chi connectivity index (χ1) is 8.43. The Kier molecular flexibility index (Phi) is 4.97. The van der Waals surface area contributed by atoms with Gasteiger partial charge in [-0.15, -0.1) is 0 Å². The highest BCUT2D eigenvalue weighted by molar-refractivity contribution is 6.31. The number of esters is 1. The zero-order chi connectivity index (χ0) is 13.7. The Bertz CT molecular complexity index is 459. The lowest BCUT2D eigenvalue weighted by atomic mass is 10.2. The standard InChI is InChI=1S/C12H14ClNO4/c1-7(2)18-12(16)14-10-5-4-8(13)6-9(10)11(15)17-3/h4-7H,1-3H3,(H,14,16). The third kappa shape index (κ3) is 3.92. The van der Waals surface area contributed by atoms with Crippen molar-refractivity contribution in [2.45, 2.75) is 20.0 Å². The van der Waals surface area contributed by atoms with Crippen LogP contribution in [0.15, 0.2) is 18.2 Å². The highest BCUT2D eigenvalue weighted by Crippen LogP contribution is 2.21. The number of anilines is 1. The van der Waals surface area contributed by atoms with Crippen molar-refractivity contribution in [3.8, 4) is 0 Å². The Morgan fingerprint density at radius 1 is 1.33 bits per heavy atom. The topological polar surface area (TPSA) is 64.6 Å². The zero-order valence-corrected chi connectivity index (χ0v) is 11.1. The maximum atomic E-state index is 11.5. The average molecular weight is 272 g/mol. The summed E-state index contributed by atoms with van der Waals surface area (Å²) in [5, 5.41) is 2.84. The largest absolute Gasteiger partial charge is 0.465 e. The van der Waals surface area contributed by atoms with E-state index in [0.717, 1.165) is 0 Å². The van der Waals surface area contributed by atoms with Crippen LogP contribution in [-0.4, -0.2) is 25.3 Å². The van der Waals surface area contributed by atoms with E-state index >= 15 is 0 Å². The Morgan fingerprint density at radius 2 is 2.00 bits per heavy atom. The van der Waals surface area contributed by atoms with Crippen molar-refractivity contribution in [2.24, 2.45) is 0 Å². The predicted octanol–water partition coefficient (Wildman–Crippen LogP) is 3.08. The SMILES string of the molecule is COC(=O)c1cc(Cl)ccc1NC(=O)OC(C)C. The quantitative estimate of drug-likeness (QED) is 0.858. The fourth-order valence-electron chi connectivity index (χ4n) is 1.26. The van der Waals surface area contributed by atoms with Crippen molar-refractivity contribution >= 4 is 29.4 Å². The minimum Gasteiger partial charge on any atom is -0.465 e. The van der Waals surface area contributed by atoms with E-state index in [1.165, 1.54) is 19.2 Å². The fourth-order valence-corrected chi connectivity index (χ4v) is 1.43. The first-order valence-corrected chi connectivity index (χ1v) is 5.67. The maximum absolute atomic E-state index is 11.5. The first-order valence-electron chi connectivity index (χ1n) is 5.29. The molecule has 0 bridgehead atoms. The molecule has 0 aromatic heterocycles. The number of nitrogens with one attached hydrogen (secondary N) is 1.